The van der Waals surface area contributed by atoms with Gasteiger partial charge in [-0.05, 0) is 6.92 Å². The average molecular weight is 113 g/mol. The Morgan fingerprint density at radius 2 is 2.75 bits per heavy atom. The molecular weight excluding hydrogens is 106 g/mol. The summed E-state index contributed by atoms with van der Waals surface area (Å²) in [7, 11) is 0. The number of nitrogens with one attached hydrogen (secondary N) is 1. The van der Waals surface area contributed by atoms with Crippen molar-refractivity contribution in [2.24, 2.45) is 0 Å². The smallest absolute Gasteiger partial charge is 0.266 e. The monoisotopic (exact) mass is 113 g/mol. The number of hydrogen-bond donors (Lipinski definition) is 1. The third-order valence-electron chi connectivity index (χ3n) is 0.853. The second-order valence-corrected chi connectivity index (χ2v) is 1.44. The maximum absolute atomic E-state index is 10.3. The predicted molar refractivity (Wildman–Crippen MR) is 28.5 cm³/mol. The zero-order valence-corrected chi connectivity index (χ0v) is 4.59. The zero-order valence-electron chi connectivity index (χ0n) is 4.59. The van der Waals surface area contributed by atoms with Gasteiger partial charge in [-0.25, -0.2) is 9.90 Å². The van der Waals surface area contributed by atoms with Crippen molar-refractivity contribution in [1.82, 2.24) is 15.0 Å². The molecule has 0 unspecified atom stereocenters. The summed E-state index contributed by atoms with van der Waals surface area (Å²) in [5.41, 5.74) is -0.146. The highest BCUT2D eigenvalue weighted by Crippen LogP contribution is 1.66. The summed E-state index contributed by atoms with van der Waals surface area (Å²) in [6.07, 6.45) is 1.25. The van der Waals surface area contributed by atoms with Gasteiger partial charge in [0.1, 0.15) is 6.20 Å². The first-order chi connectivity index (χ1) is 3.83. The van der Waals surface area contributed by atoms with E-state index >= 15 is 0 Å². The Labute approximate surface area is 46.1 Å². The molecule has 0 spiro atoms. The van der Waals surface area contributed by atoms with E-state index in [0.29, 0.717) is 6.54 Å². The fourth-order valence-corrected chi connectivity index (χ4v) is 0.468. The highest BCUT2D eigenvalue weighted by Gasteiger charge is 1.84. The zero-order chi connectivity index (χ0) is 5.98. The molecule has 0 saturated carbocycles. The molecule has 0 aliphatic heterocycles. The van der Waals surface area contributed by atoms with Crippen molar-refractivity contribution in [3.8, 4) is 0 Å². The van der Waals surface area contributed by atoms with E-state index in [9.17, 15) is 4.79 Å². The van der Waals surface area contributed by atoms with E-state index in [0.717, 1.165) is 0 Å². The minimum atomic E-state index is -0.146. The van der Waals surface area contributed by atoms with Gasteiger partial charge >= 0.3 is 0 Å². The first kappa shape index (κ1) is 5.08. The third-order valence-corrected chi connectivity index (χ3v) is 0.853. The van der Waals surface area contributed by atoms with Crippen LogP contribution >= 0.6 is 0 Å². The minimum Gasteiger partial charge on any atom is -0.266 e. The predicted octanol–water partition coefficient (Wildman–Crippen LogP) is -0.409. The maximum Gasteiger partial charge on any atom is 0.284 e. The lowest BCUT2D eigenvalue weighted by molar-refractivity contribution is 0.566. The van der Waals surface area contributed by atoms with Crippen LogP contribution in [0.15, 0.2) is 11.0 Å². The summed E-state index contributed by atoms with van der Waals surface area (Å²) < 4.78 is 0. The van der Waals surface area contributed by atoms with Crippen LogP contribution in [0.2, 0.25) is 0 Å². The lowest BCUT2D eigenvalue weighted by Crippen LogP contribution is -2.04. The first-order valence-electron chi connectivity index (χ1n) is 2.45. The van der Waals surface area contributed by atoms with Gasteiger partial charge in [0, 0.05) is 0 Å². The van der Waals surface area contributed by atoms with Crippen LogP contribution in [0.3, 0.4) is 0 Å². The molecular formula is C4H7N3O. The van der Waals surface area contributed by atoms with Crippen LogP contribution in [0.5, 0.6) is 0 Å². The summed E-state index contributed by atoms with van der Waals surface area (Å²) in [6, 6.07) is 0. The van der Waals surface area contributed by atoms with Crippen molar-refractivity contribution in [3.63, 3.8) is 0 Å². The Morgan fingerprint density at radius 3 is 3.00 bits per heavy atom. The quantitative estimate of drug-likeness (QED) is 0.538. The maximum atomic E-state index is 10.3. The number of H-pyrrole nitrogens is 1. The topological polar surface area (TPSA) is 50.7 Å². The molecule has 1 rings (SSSR count). The van der Waals surface area contributed by atoms with Crippen LogP contribution in [-0.4, -0.2) is 15.0 Å². The number of nitrogens with zero attached hydrogens (tertiary/aromatic N) is 2. The van der Waals surface area contributed by atoms with Gasteiger partial charge in [-0.2, -0.15) is 5.10 Å². The molecule has 0 amide bonds. The molecule has 0 radical (unpaired) electrons. The fourth-order valence-electron chi connectivity index (χ4n) is 0.468. The summed E-state index contributed by atoms with van der Waals surface area (Å²) in [6.45, 7) is 2.62. The molecule has 0 atom stereocenters. The molecule has 0 saturated heterocycles. The Kier molecular flexibility index (Phi) is 1.15. The molecule has 4 heteroatoms. The minimum absolute atomic E-state index is 0.146. The van der Waals surface area contributed by atoms with Crippen molar-refractivity contribution < 1.29 is 0 Å². The van der Waals surface area contributed by atoms with E-state index < -0.39 is 0 Å². The summed E-state index contributed by atoms with van der Waals surface area (Å²) >= 11 is 0. The second-order valence-electron chi connectivity index (χ2n) is 1.44. The lowest BCUT2D eigenvalue weighted by atomic mass is 10.8. The van der Waals surface area contributed by atoms with Gasteiger partial charge in [0.2, 0.25) is 0 Å². The molecule has 1 aromatic heterocycles. The molecule has 1 heterocycles. The van der Waals surface area contributed by atoms with Crippen LogP contribution in [-0.2, 0) is 6.54 Å². The fraction of sp³-hybridized carbons (Fsp3) is 0.500. The Morgan fingerprint density at radius 1 is 2.00 bits per heavy atom. The van der Waals surface area contributed by atoms with Gasteiger partial charge in [-0.3, -0.25) is 4.79 Å². The van der Waals surface area contributed by atoms with Crippen LogP contribution in [0.1, 0.15) is 6.92 Å². The van der Waals surface area contributed by atoms with Gasteiger partial charge in [-0.15, -0.1) is 0 Å². The molecule has 8 heavy (non-hydrogen) atoms. The molecule has 0 aliphatic rings. The van der Waals surface area contributed by atoms with Crippen molar-refractivity contribution >= 4 is 0 Å². The molecule has 4 nitrogen and oxygen atoms in total. The second kappa shape index (κ2) is 1.81. The van der Waals surface area contributed by atoms with Gasteiger partial charge < -0.3 is 0 Å². The van der Waals surface area contributed by atoms with Gasteiger partial charge in [-0.1, -0.05) is 0 Å². The summed E-state index contributed by atoms with van der Waals surface area (Å²) in [5, 5.41) is 6.16. The van der Waals surface area contributed by atoms with E-state index in [-0.39, 0.29) is 5.56 Å². The van der Waals surface area contributed by atoms with Crippen LogP contribution in [0, 0.1) is 0 Å². The molecule has 0 bridgehead atoms. The summed E-state index contributed by atoms with van der Waals surface area (Å²) in [4.78, 5) is 11.8. The van der Waals surface area contributed by atoms with Crippen LogP contribution < -0.4 is 5.56 Å². The Bertz CT molecular complexity index is 211. The van der Waals surface area contributed by atoms with Gasteiger partial charge in [0.15, 0.2) is 0 Å². The number of rotatable bonds is 1. The molecule has 0 aromatic carbocycles. The Hall–Kier alpha value is -1.06. The SMILES string of the molecule is CCn1ncc(=O)[nH]1. The lowest BCUT2D eigenvalue weighted by Gasteiger charge is -1.87. The molecule has 44 valence electrons. The van der Waals surface area contributed by atoms with E-state index in [1.54, 1.807) is 0 Å². The number of aryl methyl sites for hydroxylation is 1. The van der Waals surface area contributed by atoms with E-state index in [1.807, 2.05) is 6.92 Å². The largest absolute Gasteiger partial charge is 0.284 e. The van der Waals surface area contributed by atoms with E-state index in [2.05, 4.69) is 10.2 Å². The standard InChI is InChI=1S/C4H7N3O/c1-2-7-5-3-4(8)6-7/h3H,2H2,1H3,(H,6,8). The van der Waals surface area contributed by atoms with Crippen molar-refractivity contribution in [2.45, 2.75) is 13.5 Å². The van der Waals surface area contributed by atoms with Crippen LogP contribution in [0.4, 0.5) is 0 Å². The molecule has 1 N–H and O–H groups in total. The van der Waals surface area contributed by atoms with Gasteiger partial charge in [0.25, 0.3) is 5.56 Å². The van der Waals surface area contributed by atoms with E-state index in [4.69, 9.17) is 0 Å². The Balaban J connectivity index is 3.01. The van der Waals surface area contributed by atoms with Crippen LogP contribution in [0.25, 0.3) is 0 Å². The van der Waals surface area contributed by atoms with Crippen molar-refractivity contribution in [2.75, 3.05) is 0 Å². The third kappa shape index (κ3) is 0.776. The highest BCUT2D eigenvalue weighted by molar-refractivity contribution is 4.63. The normalized spacial score (nSPS) is 9.62. The van der Waals surface area contributed by atoms with Crippen molar-refractivity contribution in [1.29, 1.82) is 0 Å². The molecule has 1 aromatic rings. The highest BCUT2D eigenvalue weighted by atomic mass is 16.1. The van der Waals surface area contributed by atoms with Crippen molar-refractivity contribution in [3.05, 3.63) is 16.6 Å². The summed E-state index contributed by atoms with van der Waals surface area (Å²) in [5.74, 6) is 0. The molecule has 0 fully saturated rings. The number of hydrogen-bond acceptors (Lipinski definition) is 2. The molecule has 0 aliphatic carbocycles. The number of aromatic amines is 1. The number of aromatic nitrogens is 3. The van der Waals surface area contributed by atoms with E-state index in [1.165, 1.54) is 11.0 Å². The van der Waals surface area contributed by atoms with Gasteiger partial charge in [0.05, 0.1) is 6.54 Å². The average Bonchev–Trinajstić information content (AvgIpc) is 2.14. The first-order valence-corrected chi connectivity index (χ1v) is 2.45.